The molecule has 0 aliphatic rings. The van der Waals surface area contributed by atoms with Gasteiger partial charge in [-0.3, -0.25) is 0 Å². The number of nitrogens with one attached hydrogen (secondary N) is 2. The molecule has 1 aromatic rings. The largest absolute Gasteiger partial charge is 0.394 e. The molecule has 0 bridgehead atoms. The second kappa shape index (κ2) is 6.21. The van der Waals surface area contributed by atoms with Gasteiger partial charge in [0.25, 0.3) is 0 Å². The molecule has 0 saturated carbocycles. The number of ether oxygens (including phenoxy) is 1. The first-order chi connectivity index (χ1) is 7.30. The normalized spacial score (nSPS) is 12.2. The Hall–Kier alpha value is -1.33. The lowest BCUT2D eigenvalue weighted by atomic mass is 10.3. The average Bonchev–Trinajstić information content (AvgIpc) is 2.29. The third-order valence-corrected chi connectivity index (χ3v) is 1.98. The molecule has 0 radical (unpaired) electrons. The number of rotatable bonds is 6. The minimum absolute atomic E-state index is 0.0328. The highest BCUT2D eigenvalue weighted by atomic mass is 16.5. The Kier molecular flexibility index (Phi) is 4.86. The summed E-state index contributed by atoms with van der Waals surface area (Å²) in [6.45, 7) is 0.499. The Labute approximate surface area is 89.5 Å². The summed E-state index contributed by atoms with van der Waals surface area (Å²) in [6, 6.07) is 3.62. The Morgan fingerprint density at radius 2 is 2.40 bits per heavy atom. The van der Waals surface area contributed by atoms with E-state index in [2.05, 4.69) is 15.6 Å². The molecule has 5 heteroatoms. The maximum absolute atomic E-state index is 9.07. The number of hydrogen-bond acceptors (Lipinski definition) is 5. The lowest BCUT2D eigenvalue weighted by Gasteiger charge is -2.16. The average molecular weight is 211 g/mol. The summed E-state index contributed by atoms with van der Waals surface area (Å²) in [4.78, 5) is 4.09. The maximum Gasteiger partial charge on any atom is 0.127 e. The molecule has 1 heterocycles. The molecule has 0 amide bonds. The van der Waals surface area contributed by atoms with Gasteiger partial charge in [0, 0.05) is 32.1 Å². The van der Waals surface area contributed by atoms with Gasteiger partial charge in [-0.05, 0) is 6.07 Å². The van der Waals surface area contributed by atoms with E-state index in [4.69, 9.17) is 9.84 Å². The number of anilines is 2. The van der Waals surface area contributed by atoms with Crippen LogP contribution in [0.25, 0.3) is 0 Å². The molecule has 5 nitrogen and oxygen atoms in total. The molecule has 84 valence electrons. The Morgan fingerprint density at radius 1 is 1.60 bits per heavy atom. The van der Waals surface area contributed by atoms with Crippen molar-refractivity contribution >= 4 is 11.5 Å². The Bertz CT molecular complexity index is 294. The standard InChI is InChI=1S/C10H17N3O2/c1-11-10-5-8(3-4-12-10)13-9(6-14)7-15-2/h3-5,9,14H,6-7H2,1-2H3,(H2,11,12,13). The van der Waals surface area contributed by atoms with Crippen LogP contribution in [0.5, 0.6) is 0 Å². The van der Waals surface area contributed by atoms with E-state index in [9.17, 15) is 0 Å². The van der Waals surface area contributed by atoms with Crippen molar-refractivity contribution in [3.05, 3.63) is 18.3 Å². The number of aromatic nitrogens is 1. The molecule has 0 spiro atoms. The predicted octanol–water partition coefficient (Wildman–Crippen LogP) is 0.542. The Balaban J connectivity index is 2.61. The molecule has 1 aromatic heterocycles. The van der Waals surface area contributed by atoms with Crippen molar-refractivity contribution < 1.29 is 9.84 Å². The molecule has 0 aliphatic heterocycles. The highest BCUT2D eigenvalue weighted by Crippen LogP contribution is 2.12. The predicted molar refractivity (Wildman–Crippen MR) is 60.2 cm³/mol. The number of aliphatic hydroxyl groups excluding tert-OH is 1. The zero-order valence-electron chi connectivity index (χ0n) is 9.03. The summed E-state index contributed by atoms with van der Waals surface area (Å²) in [6.07, 6.45) is 1.70. The van der Waals surface area contributed by atoms with Gasteiger partial charge in [0.1, 0.15) is 5.82 Å². The minimum Gasteiger partial charge on any atom is -0.394 e. The van der Waals surface area contributed by atoms with E-state index >= 15 is 0 Å². The van der Waals surface area contributed by atoms with Crippen molar-refractivity contribution in [2.75, 3.05) is 38.0 Å². The summed E-state index contributed by atoms with van der Waals surface area (Å²) in [7, 11) is 3.42. The fraction of sp³-hybridized carbons (Fsp3) is 0.500. The van der Waals surface area contributed by atoms with E-state index in [1.54, 1.807) is 13.3 Å². The van der Waals surface area contributed by atoms with Crippen LogP contribution in [0, 0.1) is 0 Å². The van der Waals surface area contributed by atoms with Crippen molar-refractivity contribution in [3.63, 3.8) is 0 Å². The van der Waals surface area contributed by atoms with Crippen LogP contribution in [0.2, 0.25) is 0 Å². The summed E-state index contributed by atoms with van der Waals surface area (Å²) in [5.41, 5.74) is 0.908. The molecule has 0 aliphatic carbocycles. The highest BCUT2D eigenvalue weighted by Gasteiger charge is 2.06. The molecule has 0 fully saturated rings. The zero-order valence-corrected chi connectivity index (χ0v) is 9.03. The van der Waals surface area contributed by atoms with E-state index in [-0.39, 0.29) is 12.6 Å². The monoisotopic (exact) mass is 211 g/mol. The van der Waals surface area contributed by atoms with Crippen LogP contribution in [-0.4, -0.2) is 43.5 Å². The molecular weight excluding hydrogens is 194 g/mol. The van der Waals surface area contributed by atoms with Crippen molar-refractivity contribution in [3.8, 4) is 0 Å². The van der Waals surface area contributed by atoms with E-state index in [1.807, 2.05) is 19.2 Å². The molecule has 1 unspecified atom stereocenters. The first kappa shape index (κ1) is 11.7. The lowest BCUT2D eigenvalue weighted by Crippen LogP contribution is -2.28. The quantitative estimate of drug-likeness (QED) is 0.641. The first-order valence-electron chi connectivity index (χ1n) is 4.80. The SMILES string of the molecule is CNc1cc(NC(CO)COC)ccn1. The van der Waals surface area contributed by atoms with Gasteiger partial charge in [-0.1, -0.05) is 0 Å². The van der Waals surface area contributed by atoms with Crippen LogP contribution < -0.4 is 10.6 Å². The van der Waals surface area contributed by atoms with Crippen molar-refractivity contribution in [1.29, 1.82) is 0 Å². The van der Waals surface area contributed by atoms with Gasteiger partial charge >= 0.3 is 0 Å². The molecular formula is C10H17N3O2. The van der Waals surface area contributed by atoms with Crippen LogP contribution in [0.4, 0.5) is 11.5 Å². The zero-order chi connectivity index (χ0) is 11.1. The van der Waals surface area contributed by atoms with Gasteiger partial charge in [-0.15, -0.1) is 0 Å². The van der Waals surface area contributed by atoms with Crippen molar-refractivity contribution in [2.24, 2.45) is 0 Å². The van der Waals surface area contributed by atoms with Crippen LogP contribution in [0.3, 0.4) is 0 Å². The second-order valence-electron chi connectivity index (χ2n) is 3.16. The van der Waals surface area contributed by atoms with Gasteiger partial charge in [0.05, 0.1) is 19.3 Å². The fourth-order valence-electron chi connectivity index (χ4n) is 1.23. The Morgan fingerprint density at radius 3 is 3.00 bits per heavy atom. The summed E-state index contributed by atoms with van der Waals surface area (Å²) >= 11 is 0. The molecule has 0 saturated heterocycles. The number of pyridine rings is 1. The van der Waals surface area contributed by atoms with Gasteiger partial charge in [0.2, 0.25) is 0 Å². The maximum atomic E-state index is 9.07. The molecule has 1 rings (SSSR count). The van der Waals surface area contributed by atoms with E-state index in [1.165, 1.54) is 0 Å². The first-order valence-corrected chi connectivity index (χ1v) is 4.80. The van der Waals surface area contributed by atoms with Gasteiger partial charge in [0.15, 0.2) is 0 Å². The number of nitrogens with zero attached hydrogens (tertiary/aromatic N) is 1. The summed E-state index contributed by atoms with van der Waals surface area (Å²) < 4.78 is 4.97. The summed E-state index contributed by atoms with van der Waals surface area (Å²) in [5, 5.41) is 15.2. The number of aliphatic hydroxyl groups is 1. The smallest absolute Gasteiger partial charge is 0.127 e. The number of hydrogen-bond donors (Lipinski definition) is 3. The third kappa shape index (κ3) is 3.73. The highest BCUT2D eigenvalue weighted by molar-refractivity contribution is 5.52. The third-order valence-electron chi connectivity index (χ3n) is 1.98. The van der Waals surface area contributed by atoms with E-state index < -0.39 is 0 Å². The second-order valence-corrected chi connectivity index (χ2v) is 3.16. The fourth-order valence-corrected chi connectivity index (χ4v) is 1.23. The topological polar surface area (TPSA) is 66.4 Å². The van der Waals surface area contributed by atoms with E-state index in [0.717, 1.165) is 11.5 Å². The number of methoxy groups -OCH3 is 1. The van der Waals surface area contributed by atoms with Crippen LogP contribution in [0.1, 0.15) is 0 Å². The van der Waals surface area contributed by atoms with Crippen LogP contribution >= 0.6 is 0 Å². The van der Waals surface area contributed by atoms with Crippen LogP contribution in [-0.2, 0) is 4.74 Å². The van der Waals surface area contributed by atoms with Gasteiger partial charge in [-0.25, -0.2) is 4.98 Å². The molecule has 1 atom stereocenters. The van der Waals surface area contributed by atoms with Gasteiger partial charge < -0.3 is 20.5 Å². The van der Waals surface area contributed by atoms with Crippen molar-refractivity contribution in [1.82, 2.24) is 4.98 Å². The van der Waals surface area contributed by atoms with Crippen molar-refractivity contribution in [2.45, 2.75) is 6.04 Å². The van der Waals surface area contributed by atoms with Gasteiger partial charge in [-0.2, -0.15) is 0 Å². The summed E-state index contributed by atoms with van der Waals surface area (Å²) in [5.74, 6) is 0.786. The van der Waals surface area contributed by atoms with Crippen LogP contribution in [0.15, 0.2) is 18.3 Å². The van der Waals surface area contributed by atoms with E-state index in [0.29, 0.717) is 6.61 Å². The molecule has 15 heavy (non-hydrogen) atoms. The molecule has 0 aromatic carbocycles. The minimum atomic E-state index is -0.0953. The molecule has 3 N–H and O–H groups in total. The lowest BCUT2D eigenvalue weighted by molar-refractivity contribution is 0.153.